The Kier molecular flexibility index (Phi) is 5.10. The summed E-state index contributed by atoms with van der Waals surface area (Å²) in [7, 11) is 1.43. The first-order valence-electron chi connectivity index (χ1n) is 9.12. The molecular formula is C23H17ClO6. The van der Waals surface area contributed by atoms with Crippen molar-refractivity contribution in [2.24, 2.45) is 0 Å². The summed E-state index contributed by atoms with van der Waals surface area (Å²) in [6.07, 6.45) is -0.0507. The van der Waals surface area contributed by atoms with Crippen molar-refractivity contribution < 1.29 is 29.3 Å². The van der Waals surface area contributed by atoms with E-state index < -0.39 is 11.9 Å². The summed E-state index contributed by atoms with van der Waals surface area (Å²) >= 11 is 5.88. The lowest BCUT2D eigenvalue weighted by atomic mass is 9.84. The van der Waals surface area contributed by atoms with Crippen molar-refractivity contribution >= 4 is 23.4 Å². The Bertz CT molecular complexity index is 1150. The lowest BCUT2D eigenvalue weighted by Gasteiger charge is -2.26. The predicted molar refractivity (Wildman–Crippen MR) is 110 cm³/mol. The van der Waals surface area contributed by atoms with Crippen molar-refractivity contribution in [3.05, 3.63) is 81.9 Å². The van der Waals surface area contributed by atoms with E-state index in [-0.39, 0.29) is 40.8 Å². The van der Waals surface area contributed by atoms with Gasteiger partial charge >= 0.3 is 5.97 Å². The summed E-state index contributed by atoms with van der Waals surface area (Å²) in [5.74, 6) is -1.36. The molecule has 0 radical (unpaired) electrons. The molecule has 4 rings (SSSR count). The Balaban J connectivity index is 1.82. The standard InChI is InChI=1S/C23H17ClO6/c1-29-18-8-4-13(10-17(18)25)16-11-20(26)30-19-9-7-15(23(28)21(16)19)22(27)12-2-5-14(24)6-3-12/h2-10,16,25,28H,11H2,1H3/t16-/m0/s1. The van der Waals surface area contributed by atoms with Gasteiger partial charge in [0.15, 0.2) is 17.3 Å². The normalized spacial score (nSPS) is 15.3. The summed E-state index contributed by atoms with van der Waals surface area (Å²) in [5, 5.41) is 21.6. The zero-order valence-corrected chi connectivity index (χ0v) is 16.6. The number of carbonyl (C=O) groups excluding carboxylic acids is 2. The first kappa shape index (κ1) is 19.8. The number of carbonyl (C=O) groups is 2. The molecule has 0 aromatic heterocycles. The van der Waals surface area contributed by atoms with Crippen LogP contribution in [0.4, 0.5) is 0 Å². The molecule has 6 nitrogen and oxygen atoms in total. The molecule has 3 aromatic carbocycles. The van der Waals surface area contributed by atoms with Crippen LogP contribution in [0.3, 0.4) is 0 Å². The molecule has 0 saturated heterocycles. The quantitative estimate of drug-likeness (QED) is 0.365. The average molecular weight is 425 g/mol. The topological polar surface area (TPSA) is 93.1 Å². The molecule has 3 aromatic rings. The summed E-state index contributed by atoms with van der Waals surface area (Å²) in [5.41, 5.74) is 1.34. The number of phenolic OH excluding ortho intramolecular Hbond substituents is 2. The summed E-state index contributed by atoms with van der Waals surface area (Å²) in [6, 6.07) is 14.0. The van der Waals surface area contributed by atoms with Gasteiger partial charge in [-0.15, -0.1) is 0 Å². The first-order chi connectivity index (χ1) is 14.4. The van der Waals surface area contributed by atoms with Gasteiger partial charge in [0, 0.05) is 22.1 Å². The fourth-order valence-electron chi connectivity index (χ4n) is 3.60. The van der Waals surface area contributed by atoms with Gasteiger partial charge in [-0.1, -0.05) is 17.7 Å². The Morgan fingerprint density at radius 3 is 2.50 bits per heavy atom. The van der Waals surface area contributed by atoms with E-state index in [9.17, 15) is 19.8 Å². The second-order valence-corrected chi connectivity index (χ2v) is 7.31. The number of hydrogen-bond acceptors (Lipinski definition) is 6. The highest BCUT2D eigenvalue weighted by molar-refractivity contribution is 6.30. The molecular weight excluding hydrogens is 408 g/mol. The maximum absolute atomic E-state index is 12.9. The second kappa shape index (κ2) is 7.72. The fraction of sp³-hybridized carbons (Fsp3) is 0.130. The van der Waals surface area contributed by atoms with Crippen LogP contribution in [0.2, 0.25) is 5.02 Å². The molecule has 1 heterocycles. The maximum atomic E-state index is 12.9. The number of esters is 1. The van der Waals surface area contributed by atoms with Crippen LogP contribution in [-0.2, 0) is 4.79 Å². The van der Waals surface area contributed by atoms with Crippen molar-refractivity contribution in [3.63, 3.8) is 0 Å². The number of benzene rings is 3. The van der Waals surface area contributed by atoms with Crippen LogP contribution in [0.25, 0.3) is 0 Å². The zero-order valence-electron chi connectivity index (χ0n) is 15.9. The number of phenols is 2. The zero-order chi connectivity index (χ0) is 21.4. The third-order valence-corrected chi connectivity index (χ3v) is 5.33. The largest absolute Gasteiger partial charge is 0.507 e. The van der Waals surface area contributed by atoms with Crippen LogP contribution < -0.4 is 9.47 Å². The Labute approximate surface area is 177 Å². The third kappa shape index (κ3) is 3.46. The van der Waals surface area contributed by atoms with Crippen LogP contribution in [0.1, 0.15) is 39.4 Å². The van der Waals surface area contributed by atoms with Gasteiger partial charge in [-0.05, 0) is 54.1 Å². The summed E-state index contributed by atoms with van der Waals surface area (Å²) < 4.78 is 10.3. The van der Waals surface area contributed by atoms with Crippen LogP contribution in [0.5, 0.6) is 23.0 Å². The lowest BCUT2D eigenvalue weighted by molar-refractivity contribution is -0.135. The molecule has 0 amide bonds. The van der Waals surface area contributed by atoms with Gasteiger partial charge in [-0.3, -0.25) is 9.59 Å². The monoisotopic (exact) mass is 424 g/mol. The number of ketones is 1. The second-order valence-electron chi connectivity index (χ2n) is 6.87. The molecule has 1 aliphatic heterocycles. The number of aromatic hydroxyl groups is 2. The molecule has 0 fully saturated rings. The molecule has 1 atom stereocenters. The van der Waals surface area contributed by atoms with E-state index in [0.717, 1.165) is 0 Å². The average Bonchev–Trinajstić information content (AvgIpc) is 2.73. The number of fused-ring (bicyclic) bond motifs is 1. The molecule has 2 N–H and O–H groups in total. The molecule has 0 spiro atoms. The van der Waals surface area contributed by atoms with Crippen LogP contribution in [0.15, 0.2) is 54.6 Å². The highest BCUT2D eigenvalue weighted by Gasteiger charge is 2.33. The molecule has 1 aliphatic rings. The predicted octanol–water partition coefficient (Wildman–Crippen LogP) is 4.43. The van der Waals surface area contributed by atoms with E-state index in [4.69, 9.17) is 21.1 Å². The maximum Gasteiger partial charge on any atom is 0.312 e. The Hall–Kier alpha value is -3.51. The molecule has 0 unspecified atom stereocenters. The van der Waals surface area contributed by atoms with Gasteiger partial charge in [-0.2, -0.15) is 0 Å². The fourth-order valence-corrected chi connectivity index (χ4v) is 3.72. The van der Waals surface area contributed by atoms with Gasteiger partial charge in [0.25, 0.3) is 0 Å². The summed E-state index contributed by atoms with van der Waals surface area (Å²) in [6.45, 7) is 0. The van der Waals surface area contributed by atoms with Crippen molar-refractivity contribution in [2.45, 2.75) is 12.3 Å². The highest BCUT2D eigenvalue weighted by Crippen LogP contribution is 2.46. The molecule has 30 heavy (non-hydrogen) atoms. The molecule has 0 aliphatic carbocycles. The number of ether oxygens (including phenoxy) is 2. The smallest absolute Gasteiger partial charge is 0.312 e. The molecule has 7 heteroatoms. The van der Waals surface area contributed by atoms with Crippen LogP contribution >= 0.6 is 11.6 Å². The van der Waals surface area contributed by atoms with E-state index in [1.165, 1.54) is 25.3 Å². The van der Waals surface area contributed by atoms with E-state index in [0.29, 0.717) is 21.7 Å². The molecule has 0 saturated carbocycles. The van der Waals surface area contributed by atoms with Crippen molar-refractivity contribution in [3.8, 4) is 23.0 Å². The number of hydrogen-bond donors (Lipinski definition) is 2. The third-order valence-electron chi connectivity index (χ3n) is 5.08. The van der Waals surface area contributed by atoms with Gasteiger partial charge in [-0.25, -0.2) is 0 Å². The van der Waals surface area contributed by atoms with E-state index >= 15 is 0 Å². The van der Waals surface area contributed by atoms with Gasteiger partial charge < -0.3 is 19.7 Å². The van der Waals surface area contributed by atoms with Crippen LogP contribution in [-0.4, -0.2) is 29.1 Å². The minimum Gasteiger partial charge on any atom is -0.507 e. The van der Waals surface area contributed by atoms with Crippen molar-refractivity contribution in [2.75, 3.05) is 7.11 Å². The van der Waals surface area contributed by atoms with Crippen molar-refractivity contribution in [1.29, 1.82) is 0 Å². The SMILES string of the molecule is COc1ccc([C@@H]2CC(=O)Oc3ccc(C(=O)c4ccc(Cl)cc4)c(O)c32)cc1O. The minimum absolute atomic E-state index is 0.0507. The Morgan fingerprint density at radius 2 is 1.83 bits per heavy atom. The Morgan fingerprint density at radius 1 is 1.10 bits per heavy atom. The highest BCUT2D eigenvalue weighted by atomic mass is 35.5. The van der Waals surface area contributed by atoms with Gasteiger partial charge in [0.05, 0.1) is 19.1 Å². The van der Waals surface area contributed by atoms with E-state index in [2.05, 4.69) is 0 Å². The summed E-state index contributed by atoms with van der Waals surface area (Å²) in [4.78, 5) is 25.1. The number of halogens is 1. The number of methoxy groups -OCH3 is 1. The number of rotatable bonds is 4. The lowest BCUT2D eigenvalue weighted by Crippen LogP contribution is -2.22. The molecule has 0 bridgehead atoms. The van der Waals surface area contributed by atoms with Crippen molar-refractivity contribution in [1.82, 2.24) is 0 Å². The van der Waals surface area contributed by atoms with Gasteiger partial charge in [0.2, 0.25) is 0 Å². The molecule has 152 valence electrons. The van der Waals surface area contributed by atoms with E-state index in [1.54, 1.807) is 36.4 Å². The first-order valence-corrected chi connectivity index (χ1v) is 9.50. The van der Waals surface area contributed by atoms with Gasteiger partial charge in [0.1, 0.15) is 11.5 Å². The van der Waals surface area contributed by atoms with E-state index in [1.807, 2.05) is 0 Å². The minimum atomic E-state index is -0.601. The van der Waals surface area contributed by atoms with Crippen LogP contribution in [0, 0.1) is 0 Å².